The Balaban J connectivity index is 1.64. The third-order valence-corrected chi connectivity index (χ3v) is 6.21. The number of amides is 1. The number of nitrogens with one attached hydrogen (secondary N) is 2. The Morgan fingerprint density at radius 3 is 2.62 bits per heavy atom. The first-order chi connectivity index (χ1) is 16.5. The number of rotatable bonds is 4. The number of carbonyl (C=O) groups is 1. The molecule has 7 nitrogen and oxygen atoms in total. The van der Waals surface area contributed by atoms with E-state index in [1.54, 1.807) is 24.3 Å². The van der Waals surface area contributed by atoms with Gasteiger partial charge < -0.3 is 15.3 Å². The number of benzene rings is 2. The molecule has 172 valence electrons. The van der Waals surface area contributed by atoms with Crippen LogP contribution in [-0.2, 0) is 0 Å². The number of pyridine rings is 1. The molecule has 0 radical (unpaired) electrons. The number of H-pyrrole nitrogens is 1. The zero-order valence-corrected chi connectivity index (χ0v) is 19.2. The molecule has 4 aromatic rings. The van der Waals surface area contributed by atoms with Gasteiger partial charge in [-0.1, -0.05) is 36.4 Å². The van der Waals surface area contributed by atoms with Crippen molar-refractivity contribution in [1.29, 1.82) is 0 Å². The summed E-state index contributed by atoms with van der Waals surface area (Å²) < 4.78 is 0. The van der Waals surface area contributed by atoms with Crippen molar-refractivity contribution in [3.8, 4) is 17.0 Å². The number of fused-ring (bicyclic) bond motifs is 1. The standard InChI is InChI=1S/C27H27N5O2/c1-17-16-32(18(2)15-28-17)27(34)22-14-24(20-9-11-21(33)12-10-20)29-26-25(22)23(30-31-26)13-8-19-6-4-3-5-7-19/h3-14,17-18,28,33H,15-16H2,1-2H3,(H,29,30,31)/t17-,18+/m1/s1. The smallest absolute Gasteiger partial charge is 0.255 e. The summed E-state index contributed by atoms with van der Waals surface area (Å²) in [7, 11) is 0. The van der Waals surface area contributed by atoms with E-state index in [0.29, 0.717) is 28.8 Å². The van der Waals surface area contributed by atoms with Crippen LogP contribution in [0, 0.1) is 0 Å². The third kappa shape index (κ3) is 4.30. The maximum atomic E-state index is 13.9. The van der Waals surface area contributed by atoms with E-state index >= 15 is 0 Å². The maximum absolute atomic E-state index is 13.9. The second kappa shape index (κ2) is 9.11. The van der Waals surface area contributed by atoms with Crippen LogP contribution >= 0.6 is 0 Å². The van der Waals surface area contributed by atoms with E-state index in [2.05, 4.69) is 29.4 Å². The monoisotopic (exact) mass is 453 g/mol. The van der Waals surface area contributed by atoms with Gasteiger partial charge in [0, 0.05) is 30.7 Å². The van der Waals surface area contributed by atoms with Crippen LogP contribution in [0.1, 0.15) is 35.5 Å². The van der Waals surface area contributed by atoms with Crippen LogP contribution in [-0.4, -0.2) is 56.3 Å². The van der Waals surface area contributed by atoms with E-state index in [9.17, 15) is 9.90 Å². The highest BCUT2D eigenvalue weighted by Gasteiger charge is 2.30. The van der Waals surface area contributed by atoms with Crippen molar-refractivity contribution < 1.29 is 9.90 Å². The molecule has 1 amide bonds. The second-order valence-electron chi connectivity index (χ2n) is 8.80. The molecule has 1 aliphatic heterocycles. The molecule has 7 heteroatoms. The van der Waals surface area contributed by atoms with Crippen LogP contribution in [0.25, 0.3) is 34.4 Å². The van der Waals surface area contributed by atoms with Crippen LogP contribution in [0.15, 0.2) is 60.7 Å². The Bertz CT molecular complexity index is 1340. The van der Waals surface area contributed by atoms with Crippen molar-refractivity contribution in [2.45, 2.75) is 25.9 Å². The number of aromatic amines is 1. The summed E-state index contributed by atoms with van der Waals surface area (Å²) in [6, 6.07) is 18.9. The molecule has 1 aliphatic rings. The van der Waals surface area contributed by atoms with Crippen molar-refractivity contribution >= 4 is 29.1 Å². The van der Waals surface area contributed by atoms with E-state index in [1.165, 1.54) is 0 Å². The van der Waals surface area contributed by atoms with Crippen LogP contribution < -0.4 is 5.32 Å². The van der Waals surface area contributed by atoms with Gasteiger partial charge in [-0.3, -0.25) is 9.89 Å². The molecule has 2 aromatic carbocycles. The Morgan fingerprint density at radius 1 is 1.09 bits per heavy atom. The molecule has 0 saturated carbocycles. The number of aromatic hydroxyl groups is 1. The Hall–Kier alpha value is -3.97. The van der Waals surface area contributed by atoms with Gasteiger partial charge in [-0.05, 0) is 55.8 Å². The number of hydrogen-bond donors (Lipinski definition) is 3. The van der Waals surface area contributed by atoms with E-state index in [-0.39, 0.29) is 23.7 Å². The van der Waals surface area contributed by atoms with Crippen molar-refractivity contribution in [3.05, 3.63) is 77.5 Å². The van der Waals surface area contributed by atoms with Crippen LogP contribution in [0.3, 0.4) is 0 Å². The summed E-state index contributed by atoms with van der Waals surface area (Å²) in [5.74, 6) is 0.141. The average Bonchev–Trinajstić information content (AvgIpc) is 3.27. The van der Waals surface area contributed by atoms with E-state index in [4.69, 9.17) is 4.98 Å². The molecule has 1 saturated heterocycles. The highest BCUT2D eigenvalue weighted by atomic mass is 16.3. The van der Waals surface area contributed by atoms with Gasteiger partial charge in [0.2, 0.25) is 0 Å². The van der Waals surface area contributed by atoms with Crippen molar-refractivity contribution in [3.63, 3.8) is 0 Å². The quantitative estimate of drug-likeness (QED) is 0.428. The zero-order valence-electron chi connectivity index (χ0n) is 19.2. The summed E-state index contributed by atoms with van der Waals surface area (Å²) >= 11 is 0. The average molecular weight is 454 g/mol. The molecule has 2 atom stereocenters. The first-order valence-electron chi connectivity index (χ1n) is 11.5. The predicted molar refractivity (Wildman–Crippen MR) is 134 cm³/mol. The largest absolute Gasteiger partial charge is 0.508 e. The SMILES string of the molecule is C[C@@H]1CN(C(=O)c2cc(-c3ccc(O)cc3)nc3n[nH]c(C=Cc4ccccc4)c23)[C@@H](C)CN1. The number of hydrogen-bond acceptors (Lipinski definition) is 5. The van der Waals surface area contributed by atoms with Crippen molar-refractivity contribution in [1.82, 2.24) is 25.4 Å². The number of phenolic OH excluding ortho intramolecular Hbond substituents is 1. The fourth-order valence-electron chi connectivity index (χ4n) is 4.32. The van der Waals surface area contributed by atoms with Crippen molar-refractivity contribution in [2.24, 2.45) is 0 Å². The van der Waals surface area contributed by atoms with Gasteiger partial charge in [0.15, 0.2) is 5.65 Å². The molecule has 3 N–H and O–H groups in total. The second-order valence-corrected chi connectivity index (χ2v) is 8.80. The Labute approximate surface area is 198 Å². The van der Waals surface area contributed by atoms with E-state index < -0.39 is 0 Å². The summed E-state index contributed by atoms with van der Waals surface area (Å²) in [6.45, 7) is 5.52. The molecule has 0 unspecified atom stereocenters. The minimum atomic E-state index is -0.0379. The highest BCUT2D eigenvalue weighted by Crippen LogP contribution is 2.29. The van der Waals surface area contributed by atoms with Gasteiger partial charge in [0.1, 0.15) is 5.75 Å². The first kappa shape index (κ1) is 21.9. The molecule has 34 heavy (non-hydrogen) atoms. The lowest BCUT2D eigenvalue weighted by Crippen LogP contribution is -2.56. The van der Waals surface area contributed by atoms with Gasteiger partial charge in [0.25, 0.3) is 5.91 Å². The van der Waals surface area contributed by atoms with Crippen molar-refractivity contribution in [2.75, 3.05) is 13.1 Å². The van der Waals surface area contributed by atoms with E-state index in [1.807, 2.05) is 53.5 Å². The summed E-state index contributed by atoms with van der Waals surface area (Å²) in [5.41, 5.74) is 4.28. The lowest BCUT2D eigenvalue weighted by molar-refractivity contribution is 0.0618. The molecule has 0 aliphatic carbocycles. The van der Waals surface area contributed by atoms with Crippen LogP contribution in [0.4, 0.5) is 0 Å². The van der Waals surface area contributed by atoms with Crippen LogP contribution in [0.2, 0.25) is 0 Å². The van der Waals surface area contributed by atoms with Crippen LogP contribution in [0.5, 0.6) is 5.75 Å². The minimum Gasteiger partial charge on any atom is -0.508 e. The molecule has 2 aromatic heterocycles. The molecular formula is C27H27N5O2. The number of carbonyl (C=O) groups excluding carboxylic acids is 1. The summed E-state index contributed by atoms with van der Waals surface area (Å²) in [4.78, 5) is 20.6. The fraction of sp³-hybridized carbons (Fsp3) is 0.222. The number of aromatic nitrogens is 3. The number of piperazine rings is 1. The normalized spacial score (nSPS) is 18.6. The molecule has 1 fully saturated rings. The summed E-state index contributed by atoms with van der Waals surface area (Å²) in [5, 5.41) is 21.3. The molecular weight excluding hydrogens is 426 g/mol. The lowest BCUT2D eigenvalue weighted by atomic mass is 10.0. The van der Waals surface area contributed by atoms with Gasteiger partial charge in [0.05, 0.1) is 22.3 Å². The minimum absolute atomic E-state index is 0.0379. The molecule has 0 spiro atoms. The van der Waals surface area contributed by atoms with Gasteiger partial charge in [-0.25, -0.2) is 4.98 Å². The van der Waals surface area contributed by atoms with Gasteiger partial charge in [-0.2, -0.15) is 5.10 Å². The maximum Gasteiger partial charge on any atom is 0.255 e. The fourth-order valence-corrected chi connectivity index (χ4v) is 4.32. The Kier molecular flexibility index (Phi) is 5.86. The zero-order chi connectivity index (χ0) is 23.7. The lowest BCUT2D eigenvalue weighted by Gasteiger charge is -2.37. The first-order valence-corrected chi connectivity index (χ1v) is 11.5. The molecule has 3 heterocycles. The summed E-state index contributed by atoms with van der Waals surface area (Å²) in [6.07, 6.45) is 3.93. The van der Waals surface area contributed by atoms with Gasteiger partial charge >= 0.3 is 0 Å². The number of nitrogens with zero attached hydrogens (tertiary/aromatic N) is 3. The van der Waals surface area contributed by atoms with Gasteiger partial charge in [-0.15, -0.1) is 0 Å². The molecule has 0 bridgehead atoms. The highest BCUT2D eigenvalue weighted by molar-refractivity contribution is 6.09. The predicted octanol–water partition coefficient (Wildman–Crippen LogP) is 4.32. The topological polar surface area (TPSA) is 94.1 Å². The van der Waals surface area contributed by atoms with E-state index in [0.717, 1.165) is 23.4 Å². The number of phenols is 1. The molecule has 5 rings (SSSR count). The Morgan fingerprint density at radius 2 is 1.85 bits per heavy atom. The third-order valence-electron chi connectivity index (χ3n) is 6.21.